The third kappa shape index (κ3) is 4.97. The highest BCUT2D eigenvalue weighted by Gasteiger charge is 2.27. The molecule has 0 bridgehead atoms. The summed E-state index contributed by atoms with van der Waals surface area (Å²) >= 11 is 0. The summed E-state index contributed by atoms with van der Waals surface area (Å²) < 4.78 is 29.7. The minimum atomic E-state index is -0.924. The summed E-state index contributed by atoms with van der Waals surface area (Å²) in [4.78, 5) is 12.8. The standard InChI is InChI=1S/C33H34FN3O4/c1-3-27-30-26-11-7-10-24-25(12-8-18-41-29-13-6-9-21-19-22(34)14-15-23(21)29)32(33(38)39)37(31(24)26)16-4-5-17-40-20-28(30)36(2)35-27/h6-7,9-11,13-15,19H,3-5,8,12,16-18,20H2,1-2H3,(H,38,39). The van der Waals surface area contributed by atoms with Gasteiger partial charge in [0.05, 0.1) is 30.1 Å². The zero-order valence-electron chi connectivity index (χ0n) is 23.5. The molecule has 6 rings (SSSR count). The molecule has 0 spiro atoms. The van der Waals surface area contributed by atoms with Gasteiger partial charge in [0.15, 0.2) is 0 Å². The van der Waals surface area contributed by atoms with Crippen molar-refractivity contribution in [3.63, 3.8) is 0 Å². The Bertz CT molecular complexity index is 1750. The van der Waals surface area contributed by atoms with Crippen molar-refractivity contribution in [1.29, 1.82) is 0 Å². The number of rotatable bonds is 7. The van der Waals surface area contributed by atoms with Gasteiger partial charge in [0, 0.05) is 42.1 Å². The summed E-state index contributed by atoms with van der Waals surface area (Å²) in [6, 6.07) is 16.4. The van der Waals surface area contributed by atoms with Crippen molar-refractivity contribution in [3.8, 4) is 16.9 Å². The van der Waals surface area contributed by atoms with Gasteiger partial charge in [-0.1, -0.05) is 37.3 Å². The topological polar surface area (TPSA) is 78.5 Å². The van der Waals surface area contributed by atoms with Crippen molar-refractivity contribution in [2.24, 2.45) is 7.05 Å². The van der Waals surface area contributed by atoms with Gasteiger partial charge in [-0.3, -0.25) is 4.68 Å². The number of aryl methyl sites for hydroxylation is 4. The van der Waals surface area contributed by atoms with Crippen LogP contribution in [0.2, 0.25) is 0 Å². The molecule has 2 aromatic heterocycles. The molecule has 8 heteroatoms. The molecule has 0 unspecified atom stereocenters. The number of benzene rings is 3. The maximum atomic E-state index is 13.7. The minimum absolute atomic E-state index is 0.283. The van der Waals surface area contributed by atoms with Crippen molar-refractivity contribution < 1.29 is 23.8 Å². The first-order valence-corrected chi connectivity index (χ1v) is 14.3. The summed E-state index contributed by atoms with van der Waals surface area (Å²) in [5.74, 6) is -0.513. The van der Waals surface area contributed by atoms with E-state index in [1.165, 1.54) is 12.1 Å². The van der Waals surface area contributed by atoms with E-state index in [9.17, 15) is 14.3 Å². The summed E-state index contributed by atoms with van der Waals surface area (Å²) in [6.07, 6.45) is 3.60. The second-order valence-corrected chi connectivity index (χ2v) is 10.6. The molecule has 3 heterocycles. The molecule has 0 saturated heterocycles. The number of aromatic nitrogens is 3. The Kier molecular flexibility index (Phi) is 7.49. The lowest BCUT2D eigenvalue weighted by Gasteiger charge is -2.12. The average Bonchev–Trinajstić information content (AvgIpc) is 3.45. The fourth-order valence-corrected chi connectivity index (χ4v) is 6.17. The Balaban J connectivity index is 1.39. The van der Waals surface area contributed by atoms with E-state index >= 15 is 0 Å². The molecule has 3 aromatic carbocycles. The molecule has 0 fully saturated rings. The predicted molar refractivity (Wildman–Crippen MR) is 157 cm³/mol. The normalized spacial score (nSPS) is 13.7. The maximum absolute atomic E-state index is 13.7. The van der Waals surface area contributed by atoms with Gasteiger partial charge in [0.2, 0.25) is 0 Å². The van der Waals surface area contributed by atoms with Gasteiger partial charge in [-0.25, -0.2) is 9.18 Å². The molecule has 0 atom stereocenters. The van der Waals surface area contributed by atoms with E-state index in [1.54, 1.807) is 6.07 Å². The summed E-state index contributed by atoms with van der Waals surface area (Å²) in [6.45, 7) is 4.17. The van der Waals surface area contributed by atoms with Crippen molar-refractivity contribution in [3.05, 3.63) is 83.1 Å². The molecular formula is C33H34FN3O4. The number of carbonyl (C=O) groups is 1. The smallest absolute Gasteiger partial charge is 0.352 e. The number of carboxylic acid groups (broad SMARTS) is 1. The molecule has 1 aliphatic heterocycles. The van der Waals surface area contributed by atoms with Crippen LogP contribution >= 0.6 is 0 Å². The molecule has 5 aromatic rings. The number of halogens is 1. The van der Waals surface area contributed by atoms with Crippen LogP contribution < -0.4 is 4.74 Å². The highest BCUT2D eigenvalue weighted by molar-refractivity contribution is 6.04. The van der Waals surface area contributed by atoms with Crippen LogP contribution in [0, 0.1) is 5.82 Å². The second kappa shape index (κ2) is 11.4. The fourth-order valence-electron chi connectivity index (χ4n) is 6.17. The lowest BCUT2D eigenvalue weighted by molar-refractivity contribution is 0.0683. The molecule has 212 valence electrons. The van der Waals surface area contributed by atoms with Crippen molar-refractivity contribution in [1.82, 2.24) is 14.3 Å². The zero-order valence-corrected chi connectivity index (χ0v) is 23.5. The summed E-state index contributed by atoms with van der Waals surface area (Å²) in [7, 11) is 1.95. The quantitative estimate of drug-likeness (QED) is 0.221. The Morgan fingerprint density at radius 1 is 1.12 bits per heavy atom. The Morgan fingerprint density at radius 2 is 1.98 bits per heavy atom. The van der Waals surface area contributed by atoms with Gasteiger partial charge in [-0.05, 0) is 67.3 Å². The number of nitrogens with zero attached hydrogens (tertiary/aromatic N) is 3. The SMILES string of the molecule is CCc1nn(C)c2c1-c1cccc3c(CCCOc4cccc5cc(F)ccc45)c(C(=O)O)n(c13)CCCCOC2. The molecular weight excluding hydrogens is 521 g/mol. The molecule has 1 N–H and O–H groups in total. The number of hydrogen-bond acceptors (Lipinski definition) is 4. The Morgan fingerprint density at radius 3 is 2.80 bits per heavy atom. The highest BCUT2D eigenvalue weighted by atomic mass is 19.1. The van der Waals surface area contributed by atoms with E-state index in [1.807, 2.05) is 46.6 Å². The van der Waals surface area contributed by atoms with Crippen molar-refractivity contribution >= 4 is 27.6 Å². The average molecular weight is 556 g/mol. The van der Waals surface area contributed by atoms with Crippen LogP contribution in [-0.2, 0) is 37.8 Å². The van der Waals surface area contributed by atoms with E-state index in [0.717, 1.165) is 69.0 Å². The largest absolute Gasteiger partial charge is 0.493 e. The summed E-state index contributed by atoms with van der Waals surface area (Å²) in [5, 5.41) is 17.9. The van der Waals surface area contributed by atoms with Gasteiger partial charge in [0.25, 0.3) is 0 Å². The molecule has 1 aliphatic rings. The number of fused-ring (bicyclic) bond motifs is 3. The number of ether oxygens (including phenoxy) is 2. The Labute approximate surface area is 238 Å². The van der Waals surface area contributed by atoms with Crippen LogP contribution in [0.4, 0.5) is 4.39 Å². The number of hydrogen-bond donors (Lipinski definition) is 1. The minimum Gasteiger partial charge on any atom is -0.493 e. The highest BCUT2D eigenvalue weighted by Crippen LogP contribution is 2.39. The lowest BCUT2D eigenvalue weighted by atomic mass is 9.97. The van der Waals surface area contributed by atoms with E-state index in [-0.39, 0.29) is 5.82 Å². The first-order chi connectivity index (χ1) is 20.0. The van der Waals surface area contributed by atoms with Gasteiger partial charge < -0.3 is 19.1 Å². The van der Waals surface area contributed by atoms with Gasteiger partial charge in [-0.15, -0.1) is 0 Å². The van der Waals surface area contributed by atoms with Crippen molar-refractivity contribution in [2.75, 3.05) is 13.2 Å². The Hall–Kier alpha value is -4.17. The maximum Gasteiger partial charge on any atom is 0.352 e. The van der Waals surface area contributed by atoms with Crippen LogP contribution in [0.1, 0.15) is 53.6 Å². The molecule has 0 amide bonds. The second-order valence-electron chi connectivity index (χ2n) is 10.6. The number of aromatic carboxylic acids is 1. The molecule has 0 saturated carbocycles. The van der Waals surface area contributed by atoms with Gasteiger partial charge in [-0.2, -0.15) is 5.10 Å². The van der Waals surface area contributed by atoms with Crippen LogP contribution in [0.25, 0.3) is 32.8 Å². The van der Waals surface area contributed by atoms with E-state index in [2.05, 4.69) is 13.0 Å². The van der Waals surface area contributed by atoms with Crippen molar-refractivity contribution in [2.45, 2.75) is 52.2 Å². The first-order valence-electron chi connectivity index (χ1n) is 14.3. The molecule has 41 heavy (non-hydrogen) atoms. The first kappa shape index (κ1) is 27.0. The zero-order chi connectivity index (χ0) is 28.5. The monoisotopic (exact) mass is 555 g/mol. The summed E-state index contributed by atoms with van der Waals surface area (Å²) in [5.41, 5.74) is 6.15. The van der Waals surface area contributed by atoms with Crippen LogP contribution in [0.15, 0.2) is 54.6 Å². The van der Waals surface area contributed by atoms with E-state index in [4.69, 9.17) is 14.6 Å². The van der Waals surface area contributed by atoms with Gasteiger partial charge in [0.1, 0.15) is 17.3 Å². The molecule has 0 aliphatic carbocycles. The lowest BCUT2D eigenvalue weighted by Crippen LogP contribution is -2.12. The fraction of sp³-hybridized carbons (Fsp3) is 0.333. The van der Waals surface area contributed by atoms with E-state index < -0.39 is 5.97 Å². The number of carboxylic acids is 1. The molecule has 0 radical (unpaired) electrons. The van der Waals surface area contributed by atoms with E-state index in [0.29, 0.717) is 50.7 Å². The number of para-hydroxylation sites is 1. The third-order valence-electron chi connectivity index (χ3n) is 8.02. The predicted octanol–water partition coefficient (Wildman–Crippen LogP) is 6.92. The van der Waals surface area contributed by atoms with Crippen LogP contribution in [0.3, 0.4) is 0 Å². The van der Waals surface area contributed by atoms with Gasteiger partial charge >= 0.3 is 5.97 Å². The van der Waals surface area contributed by atoms with Crippen LogP contribution in [0.5, 0.6) is 5.75 Å². The third-order valence-corrected chi connectivity index (χ3v) is 8.02. The van der Waals surface area contributed by atoms with Crippen LogP contribution in [-0.4, -0.2) is 38.6 Å². The molecule has 7 nitrogen and oxygen atoms in total.